The Morgan fingerprint density at radius 3 is 3.00 bits per heavy atom. The van der Waals surface area contributed by atoms with Crippen LogP contribution < -0.4 is 11.1 Å². The van der Waals surface area contributed by atoms with Crippen molar-refractivity contribution >= 4 is 11.9 Å². The molecule has 0 aromatic rings. The van der Waals surface area contributed by atoms with Gasteiger partial charge in [-0.15, -0.1) is 0 Å². The highest BCUT2D eigenvalue weighted by Crippen LogP contribution is 2.24. The van der Waals surface area contributed by atoms with E-state index in [0.29, 0.717) is 5.84 Å². The van der Waals surface area contributed by atoms with Gasteiger partial charge in [-0.25, -0.2) is 4.79 Å². The van der Waals surface area contributed by atoms with Crippen molar-refractivity contribution < 1.29 is 4.79 Å². The molecular weight excluding hydrogens is 168 g/mol. The maximum atomic E-state index is 11.0. The first kappa shape index (κ1) is 8.50. The van der Waals surface area contributed by atoms with Crippen LogP contribution in [-0.4, -0.2) is 41.9 Å². The van der Waals surface area contributed by atoms with Gasteiger partial charge in [-0.2, -0.15) is 4.99 Å². The number of likely N-dealkylation sites (N-methyl/N-ethyl adjacent to an activating group) is 1. The topological polar surface area (TPSA) is 70.7 Å². The molecule has 5 nitrogen and oxygen atoms in total. The number of nitrogens with two attached hydrogens (primary N) is 1. The molecule has 1 saturated heterocycles. The second kappa shape index (κ2) is 2.70. The predicted octanol–water partition coefficient (Wildman–Crippen LogP) is -0.469. The number of urea groups is 1. The Kier molecular flexibility index (Phi) is 1.76. The molecule has 3 N–H and O–H groups in total. The molecule has 0 aromatic heterocycles. The number of nitrogens with one attached hydrogen (secondary N) is 1. The average molecular weight is 182 g/mol. The first-order valence-electron chi connectivity index (χ1n) is 4.55. The minimum atomic E-state index is -0.354. The molecule has 0 radical (unpaired) electrons. The molecule has 0 saturated carbocycles. The number of hydrogen-bond acceptors (Lipinski definition) is 3. The highest BCUT2D eigenvalue weighted by Gasteiger charge is 2.45. The molecule has 2 aliphatic heterocycles. The fourth-order valence-electron chi connectivity index (χ4n) is 1.98. The fourth-order valence-corrected chi connectivity index (χ4v) is 1.98. The van der Waals surface area contributed by atoms with Crippen LogP contribution in [0, 0.1) is 0 Å². The monoisotopic (exact) mass is 182 g/mol. The van der Waals surface area contributed by atoms with Gasteiger partial charge in [-0.05, 0) is 13.0 Å². The van der Waals surface area contributed by atoms with Crippen LogP contribution in [0.25, 0.3) is 0 Å². The molecule has 2 aliphatic rings. The summed E-state index contributed by atoms with van der Waals surface area (Å²) in [5.74, 6) is 0.452. The molecule has 2 amide bonds. The van der Waals surface area contributed by atoms with Crippen molar-refractivity contribution in [3.05, 3.63) is 0 Å². The first-order valence-corrected chi connectivity index (χ1v) is 4.55. The summed E-state index contributed by atoms with van der Waals surface area (Å²) in [5, 5.41) is 2.83. The standard InChI is InChI=1S/C8H14N4O/c1-2-12-4-3-8(5-12)6(9)10-7(13)11-8/h2-5H2,1H3,(H3,9,10,11,13). The lowest BCUT2D eigenvalue weighted by Gasteiger charge is -2.23. The third-order valence-corrected chi connectivity index (χ3v) is 2.85. The molecule has 0 aromatic carbocycles. The van der Waals surface area contributed by atoms with Crippen LogP contribution in [0.5, 0.6) is 0 Å². The zero-order chi connectivity index (χ0) is 9.47. The maximum absolute atomic E-state index is 11.0. The summed E-state index contributed by atoms with van der Waals surface area (Å²) < 4.78 is 0. The summed E-state index contributed by atoms with van der Waals surface area (Å²) >= 11 is 0. The van der Waals surface area contributed by atoms with Crippen molar-refractivity contribution in [2.75, 3.05) is 19.6 Å². The number of amidine groups is 1. The number of aliphatic imine (C=N–C) groups is 1. The summed E-state index contributed by atoms with van der Waals surface area (Å²) in [6, 6.07) is -0.296. The number of carbonyl (C=O) groups is 1. The Morgan fingerprint density at radius 2 is 2.54 bits per heavy atom. The molecule has 2 heterocycles. The molecule has 1 unspecified atom stereocenters. The number of nitrogens with zero attached hydrogens (tertiary/aromatic N) is 2. The van der Waals surface area contributed by atoms with E-state index in [9.17, 15) is 4.79 Å². The number of carbonyl (C=O) groups excluding carboxylic acids is 1. The van der Waals surface area contributed by atoms with Gasteiger partial charge in [-0.1, -0.05) is 6.92 Å². The second-order valence-electron chi connectivity index (χ2n) is 3.63. The van der Waals surface area contributed by atoms with Crippen LogP contribution in [0.4, 0.5) is 4.79 Å². The normalized spacial score (nSPS) is 33.9. The Morgan fingerprint density at radius 1 is 1.77 bits per heavy atom. The quantitative estimate of drug-likeness (QED) is 0.576. The van der Waals surface area contributed by atoms with Gasteiger partial charge in [-0.3, -0.25) is 0 Å². The van der Waals surface area contributed by atoms with E-state index in [2.05, 4.69) is 22.1 Å². The molecule has 1 spiro atoms. The van der Waals surface area contributed by atoms with Crippen molar-refractivity contribution in [3.63, 3.8) is 0 Å². The van der Waals surface area contributed by atoms with Crippen LogP contribution in [0.1, 0.15) is 13.3 Å². The lowest BCUT2D eigenvalue weighted by Crippen LogP contribution is -2.53. The zero-order valence-electron chi connectivity index (χ0n) is 7.71. The second-order valence-corrected chi connectivity index (χ2v) is 3.63. The van der Waals surface area contributed by atoms with E-state index in [1.165, 1.54) is 0 Å². The molecule has 2 rings (SSSR count). The van der Waals surface area contributed by atoms with Crippen molar-refractivity contribution in [1.29, 1.82) is 0 Å². The van der Waals surface area contributed by atoms with E-state index in [0.717, 1.165) is 26.1 Å². The van der Waals surface area contributed by atoms with E-state index >= 15 is 0 Å². The summed E-state index contributed by atoms with van der Waals surface area (Å²) in [5.41, 5.74) is 5.37. The minimum Gasteiger partial charge on any atom is -0.385 e. The van der Waals surface area contributed by atoms with Crippen LogP contribution in [-0.2, 0) is 0 Å². The summed E-state index contributed by atoms with van der Waals surface area (Å²) in [6.07, 6.45) is 0.877. The molecule has 13 heavy (non-hydrogen) atoms. The smallest absolute Gasteiger partial charge is 0.343 e. The van der Waals surface area contributed by atoms with Crippen LogP contribution >= 0.6 is 0 Å². The Balaban J connectivity index is 2.16. The Bertz CT molecular complexity index is 275. The fraction of sp³-hybridized carbons (Fsp3) is 0.750. The molecule has 0 bridgehead atoms. The van der Waals surface area contributed by atoms with Crippen LogP contribution in [0.2, 0.25) is 0 Å². The van der Waals surface area contributed by atoms with Gasteiger partial charge in [0, 0.05) is 13.1 Å². The lowest BCUT2D eigenvalue weighted by molar-refractivity contribution is 0.245. The maximum Gasteiger partial charge on any atom is 0.343 e. The van der Waals surface area contributed by atoms with Gasteiger partial charge >= 0.3 is 6.03 Å². The first-order chi connectivity index (χ1) is 6.16. The third kappa shape index (κ3) is 1.19. The van der Waals surface area contributed by atoms with E-state index in [4.69, 9.17) is 5.73 Å². The SMILES string of the molecule is CCN1CCC2(C1)NC(=O)N=C2N. The van der Waals surface area contributed by atoms with E-state index in [1.54, 1.807) is 0 Å². The van der Waals surface area contributed by atoms with E-state index < -0.39 is 0 Å². The predicted molar refractivity (Wildman–Crippen MR) is 49.6 cm³/mol. The zero-order valence-corrected chi connectivity index (χ0v) is 7.71. The third-order valence-electron chi connectivity index (χ3n) is 2.85. The molecule has 1 fully saturated rings. The van der Waals surface area contributed by atoms with E-state index in [-0.39, 0.29) is 11.6 Å². The number of rotatable bonds is 1. The van der Waals surface area contributed by atoms with Crippen LogP contribution in [0.3, 0.4) is 0 Å². The largest absolute Gasteiger partial charge is 0.385 e. The van der Waals surface area contributed by atoms with Gasteiger partial charge in [0.25, 0.3) is 0 Å². The van der Waals surface area contributed by atoms with Gasteiger partial charge in [0.2, 0.25) is 0 Å². The molecule has 1 atom stereocenters. The summed E-state index contributed by atoms with van der Waals surface area (Å²) in [7, 11) is 0. The Labute approximate surface area is 77.0 Å². The number of likely N-dealkylation sites (tertiary alicyclic amines) is 1. The van der Waals surface area contributed by atoms with Crippen LogP contribution in [0.15, 0.2) is 4.99 Å². The average Bonchev–Trinajstić information content (AvgIpc) is 2.59. The van der Waals surface area contributed by atoms with Gasteiger partial charge in [0.15, 0.2) is 0 Å². The molecule has 5 heteroatoms. The van der Waals surface area contributed by atoms with Crippen molar-refractivity contribution in [1.82, 2.24) is 10.2 Å². The minimum absolute atomic E-state index is 0.296. The van der Waals surface area contributed by atoms with Gasteiger partial charge in [0.05, 0.1) is 0 Å². The number of amides is 2. The highest BCUT2D eigenvalue weighted by molar-refractivity contribution is 6.06. The van der Waals surface area contributed by atoms with Crippen molar-refractivity contribution in [2.24, 2.45) is 10.7 Å². The van der Waals surface area contributed by atoms with E-state index in [1.807, 2.05) is 0 Å². The summed E-state index contributed by atoms with van der Waals surface area (Å²) in [4.78, 5) is 17.0. The van der Waals surface area contributed by atoms with Gasteiger partial charge in [0.1, 0.15) is 11.4 Å². The highest BCUT2D eigenvalue weighted by atomic mass is 16.2. The van der Waals surface area contributed by atoms with Gasteiger partial charge < -0.3 is 16.0 Å². The molecule has 0 aliphatic carbocycles. The molecular formula is C8H14N4O. The Hall–Kier alpha value is -1.10. The lowest BCUT2D eigenvalue weighted by atomic mass is 9.99. The summed E-state index contributed by atoms with van der Waals surface area (Å²) in [6.45, 7) is 4.87. The van der Waals surface area contributed by atoms with Crippen molar-refractivity contribution in [3.8, 4) is 0 Å². The number of hydrogen-bond donors (Lipinski definition) is 2. The molecule has 72 valence electrons. The van der Waals surface area contributed by atoms with Crippen molar-refractivity contribution in [2.45, 2.75) is 18.9 Å².